The summed E-state index contributed by atoms with van der Waals surface area (Å²) < 4.78 is 50.2. The largest absolute Gasteiger partial charge is 0.445 e. The molecule has 0 bridgehead atoms. The molecule has 1 fully saturated rings. The quantitative estimate of drug-likeness (QED) is 0.864. The number of benzene rings is 1. The van der Waals surface area contributed by atoms with E-state index < -0.39 is 22.6 Å². The van der Waals surface area contributed by atoms with E-state index >= 15 is 0 Å². The molecule has 1 aromatic heterocycles. The fourth-order valence-electron chi connectivity index (χ4n) is 2.12. The molecule has 0 atom stereocenters. The van der Waals surface area contributed by atoms with Crippen LogP contribution in [0.3, 0.4) is 0 Å². The van der Waals surface area contributed by atoms with Crippen LogP contribution in [-0.4, -0.2) is 28.4 Å². The Hall–Kier alpha value is -1.74. The smallest absolute Gasteiger partial charge is 0.381 e. The van der Waals surface area contributed by atoms with Crippen LogP contribution in [-0.2, 0) is 11.8 Å². The molecule has 1 aliphatic heterocycles. The van der Waals surface area contributed by atoms with E-state index in [9.17, 15) is 22.7 Å². The molecule has 2 heterocycles. The van der Waals surface area contributed by atoms with E-state index in [1.807, 2.05) is 0 Å². The average molecular weight is 319 g/mol. The Kier molecular flexibility index (Phi) is 3.14. The summed E-state index contributed by atoms with van der Waals surface area (Å²) in [6.07, 6.45) is -4.52. The van der Waals surface area contributed by atoms with E-state index in [-0.39, 0.29) is 18.2 Å². The molecule has 21 heavy (non-hydrogen) atoms. The van der Waals surface area contributed by atoms with Gasteiger partial charge in [-0.3, -0.25) is 0 Å². The first kappa shape index (κ1) is 14.2. The third-order valence-corrected chi connectivity index (χ3v) is 4.24. The zero-order valence-electron chi connectivity index (χ0n) is 10.4. The lowest BCUT2D eigenvalue weighted by atomic mass is 9.86. The van der Waals surface area contributed by atoms with Gasteiger partial charge in [0.15, 0.2) is 0 Å². The zero-order valence-corrected chi connectivity index (χ0v) is 11.2. The van der Waals surface area contributed by atoms with Crippen molar-refractivity contribution in [1.82, 2.24) is 10.2 Å². The van der Waals surface area contributed by atoms with Gasteiger partial charge in [-0.05, 0) is 17.7 Å². The van der Waals surface area contributed by atoms with Gasteiger partial charge in [0.1, 0.15) is 11.4 Å². The molecule has 0 spiro atoms. The molecule has 0 radical (unpaired) electrons. The maximum Gasteiger partial charge on any atom is 0.445 e. The van der Waals surface area contributed by atoms with E-state index in [1.54, 1.807) is 0 Å². The highest BCUT2D eigenvalue weighted by atomic mass is 32.1. The van der Waals surface area contributed by atoms with Crippen molar-refractivity contribution in [3.05, 3.63) is 40.7 Å². The van der Waals surface area contributed by atoms with Crippen LogP contribution >= 0.6 is 11.3 Å². The van der Waals surface area contributed by atoms with Gasteiger partial charge in [-0.1, -0.05) is 23.5 Å². The fraction of sp³-hybridized carbons (Fsp3) is 0.333. The highest BCUT2D eigenvalue weighted by Gasteiger charge is 2.45. The summed E-state index contributed by atoms with van der Waals surface area (Å²) in [5, 5.41) is 16.0. The minimum absolute atomic E-state index is 0.0884. The fourth-order valence-corrected chi connectivity index (χ4v) is 2.83. The predicted molar refractivity (Wildman–Crippen MR) is 67.4 cm³/mol. The summed E-state index contributed by atoms with van der Waals surface area (Å²) in [7, 11) is 0. The van der Waals surface area contributed by atoms with Crippen molar-refractivity contribution in [2.24, 2.45) is 0 Å². The molecule has 0 unspecified atom stereocenters. The van der Waals surface area contributed by atoms with Crippen LogP contribution in [0.2, 0.25) is 0 Å². The van der Waals surface area contributed by atoms with Gasteiger partial charge in [0.2, 0.25) is 10.1 Å². The number of halogens is 4. The van der Waals surface area contributed by atoms with Gasteiger partial charge in [0.25, 0.3) is 0 Å². The van der Waals surface area contributed by atoms with Crippen LogP contribution in [0.4, 0.5) is 22.7 Å². The maximum atomic E-state index is 12.8. The third-order valence-electron chi connectivity index (χ3n) is 3.21. The molecule has 0 amide bonds. The molecule has 1 N–H and O–H groups in total. The molecular weight excluding hydrogens is 310 g/mol. The number of rotatable bonds is 2. The van der Waals surface area contributed by atoms with E-state index in [0.717, 1.165) is 0 Å². The first-order valence-electron chi connectivity index (χ1n) is 5.92. The minimum atomic E-state index is -4.52. The Balaban J connectivity index is 1.73. The Bertz CT molecular complexity index is 649. The van der Waals surface area contributed by atoms with Crippen molar-refractivity contribution in [2.75, 3.05) is 18.0 Å². The van der Waals surface area contributed by atoms with Crippen LogP contribution in [0, 0.1) is 5.82 Å². The van der Waals surface area contributed by atoms with Crippen molar-refractivity contribution in [1.29, 1.82) is 0 Å². The molecule has 2 aromatic rings. The zero-order chi connectivity index (χ0) is 15.3. The summed E-state index contributed by atoms with van der Waals surface area (Å²) >= 11 is 0.430. The van der Waals surface area contributed by atoms with E-state index in [1.165, 1.54) is 29.2 Å². The second-order valence-corrected chi connectivity index (χ2v) is 5.74. The molecule has 0 saturated carbocycles. The Morgan fingerprint density at radius 2 is 1.76 bits per heavy atom. The van der Waals surface area contributed by atoms with Crippen LogP contribution in [0.1, 0.15) is 10.6 Å². The molecular formula is C12H9F4N3OS. The lowest BCUT2D eigenvalue weighted by Gasteiger charge is -2.46. The summed E-state index contributed by atoms with van der Waals surface area (Å²) in [4.78, 5) is 1.50. The molecule has 112 valence electrons. The molecule has 0 aliphatic carbocycles. The second kappa shape index (κ2) is 4.63. The summed E-state index contributed by atoms with van der Waals surface area (Å²) in [5.74, 6) is -0.419. The Morgan fingerprint density at radius 3 is 2.29 bits per heavy atom. The van der Waals surface area contributed by atoms with Gasteiger partial charge < -0.3 is 10.0 Å². The molecule has 1 aromatic carbocycles. The molecule has 3 rings (SSSR count). The molecule has 1 aliphatic rings. The summed E-state index contributed by atoms with van der Waals surface area (Å²) in [6.45, 7) is 0.177. The second-order valence-electron chi connectivity index (χ2n) is 4.78. The topological polar surface area (TPSA) is 49.2 Å². The number of β-amino-alcohol motifs (C(OH)–C–C–N with tert-alkyl or cyclic N) is 1. The monoisotopic (exact) mass is 319 g/mol. The maximum absolute atomic E-state index is 12.8. The molecule has 4 nitrogen and oxygen atoms in total. The molecule has 9 heteroatoms. The van der Waals surface area contributed by atoms with E-state index in [4.69, 9.17) is 0 Å². The van der Waals surface area contributed by atoms with Crippen molar-refractivity contribution < 1.29 is 22.7 Å². The standard InChI is InChI=1S/C12H9F4N3OS/c13-8-3-1-7(2-4-8)11(20)5-19(6-11)10-18-17-9(21-10)12(14,15)16/h1-4,20H,5-6H2. The van der Waals surface area contributed by atoms with Crippen LogP contribution in [0.5, 0.6) is 0 Å². The lowest BCUT2D eigenvalue weighted by molar-refractivity contribution is -0.138. The third kappa shape index (κ3) is 2.58. The van der Waals surface area contributed by atoms with Crippen molar-refractivity contribution >= 4 is 16.5 Å². The van der Waals surface area contributed by atoms with Crippen molar-refractivity contribution in [3.63, 3.8) is 0 Å². The van der Waals surface area contributed by atoms with Gasteiger partial charge in [0.05, 0.1) is 13.1 Å². The average Bonchev–Trinajstić information content (AvgIpc) is 2.85. The highest BCUT2D eigenvalue weighted by Crippen LogP contribution is 2.39. The molecule has 1 saturated heterocycles. The summed E-state index contributed by atoms with van der Waals surface area (Å²) in [5.41, 5.74) is -0.696. The summed E-state index contributed by atoms with van der Waals surface area (Å²) in [6, 6.07) is 5.35. The number of alkyl halides is 3. The van der Waals surface area contributed by atoms with Crippen molar-refractivity contribution in [3.8, 4) is 0 Å². The number of hydrogen-bond donors (Lipinski definition) is 1. The SMILES string of the molecule is OC1(c2ccc(F)cc2)CN(c2nnc(C(F)(F)F)s2)C1. The Labute approximate surface area is 120 Å². The van der Waals surface area contributed by atoms with Gasteiger partial charge in [0, 0.05) is 0 Å². The minimum Gasteiger partial charge on any atom is -0.381 e. The normalized spacial score (nSPS) is 17.7. The number of nitrogens with zero attached hydrogens (tertiary/aromatic N) is 3. The van der Waals surface area contributed by atoms with Crippen molar-refractivity contribution in [2.45, 2.75) is 11.8 Å². The number of aromatic nitrogens is 2. The highest BCUT2D eigenvalue weighted by molar-refractivity contribution is 7.15. The number of anilines is 1. The Morgan fingerprint density at radius 1 is 1.14 bits per heavy atom. The van der Waals surface area contributed by atoms with Gasteiger partial charge in [-0.2, -0.15) is 13.2 Å². The number of aliphatic hydroxyl groups is 1. The van der Waals surface area contributed by atoms with E-state index in [0.29, 0.717) is 16.9 Å². The van der Waals surface area contributed by atoms with Crippen LogP contribution in [0.15, 0.2) is 24.3 Å². The van der Waals surface area contributed by atoms with Crippen LogP contribution in [0.25, 0.3) is 0 Å². The van der Waals surface area contributed by atoms with Gasteiger partial charge >= 0.3 is 6.18 Å². The van der Waals surface area contributed by atoms with E-state index in [2.05, 4.69) is 10.2 Å². The van der Waals surface area contributed by atoms with Gasteiger partial charge in [-0.15, -0.1) is 10.2 Å². The van der Waals surface area contributed by atoms with Gasteiger partial charge in [-0.25, -0.2) is 4.39 Å². The lowest BCUT2D eigenvalue weighted by Crippen LogP contribution is -2.59. The predicted octanol–water partition coefficient (Wildman–Crippen LogP) is 2.40. The first-order chi connectivity index (χ1) is 9.78. The first-order valence-corrected chi connectivity index (χ1v) is 6.74. The number of hydrogen-bond acceptors (Lipinski definition) is 5. The van der Waals surface area contributed by atoms with Crippen LogP contribution < -0.4 is 4.90 Å².